The van der Waals surface area contributed by atoms with E-state index in [1.165, 1.54) is 12.1 Å². The Hall–Kier alpha value is -1.58. The van der Waals surface area contributed by atoms with Gasteiger partial charge in [-0.2, -0.15) is 5.26 Å². The lowest BCUT2D eigenvalue weighted by atomic mass is 10.2. The van der Waals surface area contributed by atoms with Crippen LogP contribution >= 0.6 is 11.8 Å². The Kier molecular flexibility index (Phi) is 3.61. The van der Waals surface area contributed by atoms with E-state index in [1.807, 2.05) is 6.07 Å². The Morgan fingerprint density at radius 3 is 3.12 bits per heavy atom. The Bertz CT molecular complexity index is 480. The number of nitrogens with zero attached hydrogens (tertiary/aromatic N) is 1. The van der Waals surface area contributed by atoms with Crippen LogP contribution in [0.25, 0.3) is 0 Å². The lowest BCUT2D eigenvalue weighted by Crippen LogP contribution is -2.37. The summed E-state index contributed by atoms with van der Waals surface area (Å²) in [5, 5.41) is 14.5. The van der Waals surface area contributed by atoms with E-state index in [-0.39, 0.29) is 17.5 Å². The lowest BCUT2D eigenvalue weighted by molar-refractivity contribution is -0.117. The largest absolute Gasteiger partial charge is 0.324 e. The van der Waals surface area contributed by atoms with E-state index in [1.54, 1.807) is 11.8 Å². The molecule has 88 valence electrons. The Morgan fingerprint density at radius 2 is 2.47 bits per heavy atom. The molecule has 2 rings (SSSR count). The predicted molar refractivity (Wildman–Crippen MR) is 64.0 cm³/mol. The first-order chi connectivity index (χ1) is 8.20. The van der Waals surface area contributed by atoms with Crippen molar-refractivity contribution in [2.24, 2.45) is 0 Å². The molecule has 1 fully saturated rings. The molecule has 0 spiro atoms. The molecule has 0 aromatic heterocycles. The van der Waals surface area contributed by atoms with Gasteiger partial charge in [0.1, 0.15) is 11.9 Å². The number of halogens is 1. The first kappa shape index (κ1) is 11.9. The average Bonchev–Trinajstić information content (AvgIpc) is 2.85. The number of carbonyl (C=O) groups is 1. The maximum atomic E-state index is 12.9. The molecule has 1 aromatic rings. The quantitative estimate of drug-likeness (QED) is 0.831. The van der Waals surface area contributed by atoms with E-state index in [4.69, 9.17) is 5.26 Å². The van der Waals surface area contributed by atoms with Gasteiger partial charge in [-0.25, -0.2) is 4.39 Å². The minimum atomic E-state index is -0.492. The third-order valence-corrected chi connectivity index (χ3v) is 3.33. The van der Waals surface area contributed by atoms with Crippen molar-refractivity contribution in [3.05, 3.63) is 29.6 Å². The van der Waals surface area contributed by atoms with Crippen molar-refractivity contribution in [2.75, 3.05) is 16.9 Å². The van der Waals surface area contributed by atoms with Crippen LogP contribution in [0, 0.1) is 17.1 Å². The SMILES string of the molecule is N#Cc1cc(F)ccc1NC(=O)C1CSCN1. The van der Waals surface area contributed by atoms with E-state index >= 15 is 0 Å². The van der Waals surface area contributed by atoms with Crippen LogP contribution in [0.15, 0.2) is 18.2 Å². The fraction of sp³-hybridized carbons (Fsp3) is 0.273. The summed E-state index contributed by atoms with van der Waals surface area (Å²) in [6.07, 6.45) is 0. The highest BCUT2D eigenvalue weighted by molar-refractivity contribution is 7.99. The Balaban J connectivity index is 2.13. The van der Waals surface area contributed by atoms with E-state index < -0.39 is 5.82 Å². The lowest BCUT2D eigenvalue weighted by Gasteiger charge is -2.11. The summed E-state index contributed by atoms with van der Waals surface area (Å²) in [6, 6.07) is 5.31. The molecular formula is C11H10FN3OS. The molecule has 1 aliphatic rings. The molecule has 1 heterocycles. The van der Waals surface area contributed by atoms with Crippen molar-refractivity contribution in [2.45, 2.75) is 6.04 Å². The van der Waals surface area contributed by atoms with Crippen LogP contribution in [0.3, 0.4) is 0 Å². The molecule has 1 aromatic carbocycles. The Morgan fingerprint density at radius 1 is 1.65 bits per heavy atom. The first-order valence-corrected chi connectivity index (χ1v) is 6.18. The maximum absolute atomic E-state index is 12.9. The molecule has 0 saturated carbocycles. The topological polar surface area (TPSA) is 64.9 Å². The predicted octanol–water partition coefficient (Wildman–Crippen LogP) is 1.30. The molecule has 0 bridgehead atoms. The number of anilines is 1. The van der Waals surface area contributed by atoms with Crippen LogP contribution < -0.4 is 10.6 Å². The number of amides is 1. The van der Waals surface area contributed by atoms with E-state index in [9.17, 15) is 9.18 Å². The van der Waals surface area contributed by atoms with E-state index in [0.29, 0.717) is 11.4 Å². The van der Waals surface area contributed by atoms with Gasteiger partial charge in [0.15, 0.2) is 0 Å². The summed E-state index contributed by atoms with van der Waals surface area (Å²) < 4.78 is 12.9. The van der Waals surface area contributed by atoms with Crippen molar-refractivity contribution in [1.29, 1.82) is 5.26 Å². The molecular weight excluding hydrogens is 241 g/mol. The molecule has 1 amide bonds. The third-order valence-electron chi connectivity index (χ3n) is 2.39. The van der Waals surface area contributed by atoms with Crippen LogP contribution in [0.1, 0.15) is 5.56 Å². The van der Waals surface area contributed by atoms with Gasteiger partial charge in [-0.3, -0.25) is 10.1 Å². The number of nitrogens with one attached hydrogen (secondary N) is 2. The molecule has 2 N–H and O–H groups in total. The zero-order valence-corrected chi connectivity index (χ0v) is 9.68. The highest BCUT2D eigenvalue weighted by atomic mass is 32.2. The summed E-state index contributed by atoms with van der Waals surface area (Å²) in [7, 11) is 0. The van der Waals surface area contributed by atoms with Crippen LogP contribution in [-0.2, 0) is 4.79 Å². The minimum Gasteiger partial charge on any atom is -0.324 e. The number of carbonyl (C=O) groups excluding carboxylic acids is 1. The van der Waals surface area contributed by atoms with Gasteiger partial charge in [0.05, 0.1) is 17.3 Å². The van der Waals surface area contributed by atoms with Crippen molar-refractivity contribution in [1.82, 2.24) is 5.32 Å². The normalized spacial score (nSPS) is 18.7. The molecule has 0 radical (unpaired) electrons. The maximum Gasteiger partial charge on any atom is 0.242 e. The number of hydrogen-bond acceptors (Lipinski definition) is 4. The first-order valence-electron chi connectivity index (χ1n) is 5.02. The van der Waals surface area contributed by atoms with Crippen molar-refractivity contribution in [3.8, 4) is 6.07 Å². The van der Waals surface area contributed by atoms with Crippen LogP contribution in [-0.4, -0.2) is 23.6 Å². The monoisotopic (exact) mass is 251 g/mol. The van der Waals surface area contributed by atoms with Gasteiger partial charge in [0.2, 0.25) is 5.91 Å². The van der Waals surface area contributed by atoms with Gasteiger partial charge in [-0.15, -0.1) is 11.8 Å². The van der Waals surface area contributed by atoms with Crippen molar-refractivity contribution in [3.63, 3.8) is 0 Å². The van der Waals surface area contributed by atoms with Gasteiger partial charge >= 0.3 is 0 Å². The van der Waals surface area contributed by atoms with Gasteiger partial charge in [-0.1, -0.05) is 0 Å². The van der Waals surface area contributed by atoms with Gasteiger partial charge in [0, 0.05) is 11.6 Å². The number of rotatable bonds is 2. The van der Waals surface area contributed by atoms with Crippen molar-refractivity contribution >= 4 is 23.4 Å². The molecule has 0 aliphatic carbocycles. The van der Waals surface area contributed by atoms with E-state index in [0.717, 1.165) is 11.9 Å². The molecule has 1 atom stereocenters. The third kappa shape index (κ3) is 2.75. The smallest absolute Gasteiger partial charge is 0.242 e. The fourth-order valence-corrected chi connectivity index (χ4v) is 2.44. The summed E-state index contributed by atoms with van der Waals surface area (Å²) in [5.41, 5.74) is 0.474. The molecule has 1 saturated heterocycles. The fourth-order valence-electron chi connectivity index (χ4n) is 1.50. The average molecular weight is 251 g/mol. The van der Waals surface area contributed by atoms with Gasteiger partial charge in [-0.05, 0) is 18.2 Å². The molecule has 17 heavy (non-hydrogen) atoms. The van der Waals surface area contributed by atoms with E-state index in [2.05, 4.69) is 10.6 Å². The number of benzene rings is 1. The summed E-state index contributed by atoms with van der Waals surface area (Å²) in [5.74, 6) is 0.758. The molecule has 6 heteroatoms. The Labute approximate surface area is 102 Å². The summed E-state index contributed by atoms with van der Waals surface area (Å²) in [4.78, 5) is 11.8. The number of hydrogen-bond donors (Lipinski definition) is 2. The zero-order valence-electron chi connectivity index (χ0n) is 8.87. The van der Waals surface area contributed by atoms with Crippen molar-refractivity contribution < 1.29 is 9.18 Å². The zero-order chi connectivity index (χ0) is 12.3. The summed E-state index contributed by atoms with van der Waals surface area (Å²) >= 11 is 1.64. The van der Waals surface area contributed by atoms with Gasteiger partial charge in [0.25, 0.3) is 0 Å². The second-order valence-corrected chi connectivity index (χ2v) is 4.59. The number of nitriles is 1. The van der Waals surface area contributed by atoms with Gasteiger partial charge < -0.3 is 5.32 Å². The van der Waals surface area contributed by atoms with Crippen LogP contribution in [0.5, 0.6) is 0 Å². The molecule has 1 aliphatic heterocycles. The molecule has 1 unspecified atom stereocenters. The van der Waals surface area contributed by atoms with Crippen LogP contribution in [0.2, 0.25) is 0 Å². The molecule has 4 nitrogen and oxygen atoms in total. The van der Waals surface area contributed by atoms with Crippen LogP contribution in [0.4, 0.5) is 10.1 Å². The highest BCUT2D eigenvalue weighted by Gasteiger charge is 2.23. The standard InChI is InChI=1S/C11H10FN3OS/c12-8-1-2-9(7(3-8)4-13)15-11(16)10-5-17-6-14-10/h1-3,10,14H,5-6H2,(H,15,16). The summed E-state index contributed by atoms with van der Waals surface area (Å²) in [6.45, 7) is 0. The highest BCUT2D eigenvalue weighted by Crippen LogP contribution is 2.17. The second kappa shape index (κ2) is 5.17. The second-order valence-electron chi connectivity index (χ2n) is 3.56. The minimum absolute atomic E-state index is 0.129. The number of thioether (sulfide) groups is 1.